The summed E-state index contributed by atoms with van der Waals surface area (Å²) in [5.74, 6) is -2.16. The van der Waals surface area contributed by atoms with E-state index < -0.39 is 30.2 Å². The van der Waals surface area contributed by atoms with Gasteiger partial charge in [0.1, 0.15) is 12.2 Å². The van der Waals surface area contributed by atoms with Gasteiger partial charge in [-0.3, -0.25) is 0 Å². The summed E-state index contributed by atoms with van der Waals surface area (Å²) in [6, 6.07) is 0. The highest BCUT2D eigenvalue weighted by Crippen LogP contribution is 2.22. The van der Waals surface area contributed by atoms with E-state index in [-0.39, 0.29) is 5.76 Å². The van der Waals surface area contributed by atoms with Crippen LogP contribution in [0, 0.1) is 6.92 Å². The molecule has 1 heterocycles. The smallest absolute Gasteiger partial charge is 0.397 e. The molecule has 1 N–H and O–H groups in total. The Bertz CT molecular complexity index is 356. The molecule has 0 spiro atoms. The van der Waals surface area contributed by atoms with E-state index >= 15 is 0 Å². The predicted molar refractivity (Wildman–Crippen MR) is 38.0 cm³/mol. The molecule has 1 rings (SSSR count). The summed E-state index contributed by atoms with van der Waals surface area (Å²) < 4.78 is 40.0. The third-order valence-corrected chi connectivity index (χ3v) is 1.40. The highest BCUT2D eigenvalue weighted by Gasteiger charge is 2.31. The van der Waals surface area contributed by atoms with Gasteiger partial charge in [-0.1, -0.05) is 0 Å². The molecule has 0 aliphatic carbocycles. The third kappa shape index (κ3) is 2.48. The lowest BCUT2D eigenvalue weighted by atomic mass is 10.4. The number of oxazole rings is 1. The van der Waals surface area contributed by atoms with E-state index in [1.54, 1.807) is 0 Å². The van der Waals surface area contributed by atoms with Gasteiger partial charge < -0.3 is 9.52 Å². The molecule has 0 saturated carbocycles. The van der Waals surface area contributed by atoms with Crippen molar-refractivity contribution in [1.82, 2.24) is 4.98 Å². The normalized spacial score (nSPS) is 11.7. The van der Waals surface area contributed by atoms with Crippen LogP contribution >= 0.6 is 0 Å². The molecular formula is C7H6F3NO3. The van der Waals surface area contributed by atoms with Crippen molar-refractivity contribution in [2.45, 2.75) is 19.5 Å². The average molecular weight is 209 g/mol. The number of hydrogen-bond donors (Lipinski definition) is 1. The van der Waals surface area contributed by atoms with Gasteiger partial charge in [-0.15, -0.1) is 0 Å². The summed E-state index contributed by atoms with van der Waals surface area (Å²) in [4.78, 5) is 13.6. The molecule has 14 heavy (non-hydrogen) atoms. The lowest BCUT2D eigenvalue weighted by Gasteiger charge is -2.00. The number of alkyl halides is 3. The largest absolute Gasteiger partial charge is 0.476 e. The van der Waals surface area contributed by atoms with E-state index in [0.717, 1.165) is 0 Å². The number of aromatic carboxylic acids is 1. The number of aryl methyl sites for hydroxylation is 1. The number of aromatic nitrogens is 1. The van der Waals surface area contributed by atoms with Gasteiger partial charge in [0.2, 0.25) is 5.89 Å². The van der Waals surface area contributed by atoms with Crippen molar-refractivity contribution in [3.8, 4) is 0 Å². The van der Waals surface area contributed by atoms with E-state index in [1.165, 1.54) is 6.92 Å². The lowest BCUT2D eigenvalue weighted by molar-refractivity contribution is -0.130. The van der Waals surface area contributed by atoms with Gasteiger partial charge >= 0.3 is 12.1 Å². The van der Waals surface area contributed by atoms with Crippen LogP contribution < -0.4 is 0 Å². The first kappa shape index (κ1) is 10.6. The maximum absolute atomic E-state index is 11.8. The van der Waals surface area contributed by atoms with E-state index in [1.807, 2.05) is 0 Å². The van der Waals surface area contributed by atoms with Crippen LogP contribution in [0.15, 0.2) is 4.42 Å². The van der Waals surface area contributed by atoms with Crippen LogP contribution in [0.3, 0.4) is 0 Å². The molecule has 0 fully saturated rings. The first-order valence-corrected chi connectivity index (χ1v) is 3.56. The monoisotopic (exact) mass is 209 g/mol. The molecule has 0 bridgehead atoms. The summed E-state index contributed by atoms with van der Waals surface area (Å²) in [7, 11) is 0. The number of carboxylic acids is 1. The molecule has 0 aliphatic rings. The summed E-state index contributed by atoms with van der Waals surface area (Å²) in [6.07, 6.45) is -5.81. The van der Waals surface area contributed by atoms with Gasteiger partial charge in [0.05, 0.1) is 0 Å². The van der Waals surface area contributed by atoms with E-state index in [2.05, 4.69) is 9.40 Å². The van der Waals surface area contributed by atoms with Crippen LogP contribution in [0.25, 0.3) is 0 Å². The first-order valence-electron chi connectivity index (χ1n) is 3.56. The average Bonchev–Trinajstić information content (AvgIpc) is 2.26. The van der Waals surface area contributed by atoms with Crippen LogP contribution in [-0.2, 0) is 6.42 Å². The molecule has 0 unspecified atom stereocenters. The fourth-order valence-electron chi connectivity index (χ4n) is 0.897. The van der Waals surface area contributed by atoms with Crippen molar-refractivity contribution in [2.24, 2.45) is 0 Å². The molecule has 0 saturated heterocycles. The van der Waals surface area contributed by atoms with Crippen molar-refractivity contribution in [3.63, 3.8) is 0 Å². The number of carbonyl (C=O) groups is 1. The van der Waals surface area contributed by atoms with Crippen LogP contribution in [0.1, 0.15) is 22.1 Å². The minimum atomic E-state index is -4.45. The fourth-order valence-corrected chi connectivity index (χ4v) is 0.897. The Morgan fingerprint density at radius 3 is 2.50 bits per heavy atom. The van der Waals surface area contributed by atoms with Crippen molar-refractivity contribution in [2.75, 3.05) is 0 Å². The molecule has 4 nitrogen and oxygen atoms in total. The topological polar surface area (TPSA) is 63.3 Å². The third-order valence-electron chi connectivity index (χ3n) is 1.40. The predicted octanol–water partition coefficient (Wildman–Crippen LogP) is 1.79. The highest BCUT2D eigenvalue weighted by atomic mass is 19.4. The SMILES string of the molecule is Cc1oc(CC(F)(F)F)nc1C(=O)O. The Kier molecular flexibility index (Phi) is 2.50. The number of hydrogen-bond acceptors (Lipinski definition) is 3. The minimum absolute atomic E-state index is 0.128. The summed E-state index contributed by atoms with van der Waals surface area (Å²) in [5, 5.41) is 8.47. The summed E-state index contributed by atoms with van der Waals surface area (Å²) >= 11 is 0. The van der Waals surface area contributed by atoms with Crippen molar-refractivity contribution < 1.29 is 27.5 Å². The molecule has 1 aromatic rings. The van der Waals surface area contributed by atoms with Crippen LogP contribution in [-0.4, -0.2) is 22.2 Å². The molecule has 78 valence electrons. The second-order valence-electron chi connectivity index (χ2n) is 2.61. The zero-order valence-electron chi connectivity index (χ0n) is 7.05. The van der Waals surface area contributed by atoms with Crippen molar-refractivity contribution in [1.29, 1.82) is 0 Å². The summed E-state index contributed by atoms with van der Waals surface area (Å²) in [5.41, 5.74) is -0.482. The molecule has 7 heteroatoms. The molecule has 0 atom stereocenters. The Balaban J connectivity index is 2.92. The van der Waals surface area contributed by atoms with E-state index in [4.69, 9.17) is 5.11 Å². The van der Waals surface area contributed by atoms with Gasteiger partial charge in [-0.05, 0) is 6.92 Å². The van der Waals surface area contributed by atoms with Gasteiger partial charge in [-0.25, -0.2) is 9.78 Å². The van der Waals surface area contributed by atoms with Gasteiger partial charge in [-0.2, -0.15) is 13.2 Å². The number of nitrogens with zero attached hydrogens (tertiary/aromatic N) is 1. The Morgan fingerprint density at radius 2 is 2.14 bits per heavy atom. The molecule has 0 radical (unpaired) electrons. The standard InChI is InChI=1S/C7H6F3NO3/c1-3-5(6(12)13)11-4(14-3)2-7(8,9)10/h2H2,1H3,(H,12,13). The van der Waals surface area contributed by atoms with E-state index in [0.29, 0.717) is 0 Å². The number of carboxylic acid groups (broad SMARTS) is 1. The van der Waals surface area contributed by atoms with Gasteiger partial charge in [0.25, 0.3) is 0 Å². The van der Waals surface area contributed by atoms with Crippen LogP contribution in [0.5, 0.6) is 0 Å². The Labute approximate surface area is 76.4 Å². The quantitative estimate of drug-likeness (QED) is 0.806. The molecule has 0 aromatic carbocycles. The second kappa shape index (κ2) is 3.32. The maximum atomic E-state index is 11.8. The second-order valence-corrected chi connectivity index (χ2v) is 2.61. The molecular weight excluding hydrogens is 203 g/mol. The molecule has 1 aromatic heterocycles. The first-order chi connectivity index (χ1) is 6.29. The maximum Gasteiger partial charge on any atom is 0.397 e. The van der Waals surface area contributed by atoms with Crippen molar-refractivity contribution >= 4 is 5.97 Å². The van der Waals surface area contributed by atoms with Gasteiger partial charge in [0.15, 0.2) is 5.69 Å². The summed E-state index contributed by atoms with van der Waals surface area (Å²) in [6.45, 7) is 1.25. The van der Waals surface area contributed by atoms with Crippen LogP contribution in [0.2, 0.25) is 0 Å². The zero-order valence-corrected chi connectivity index (χ0v) is 7.05. The molecule has 0 amide bonds. The van der Waals surface area contributed by atoms with Crippen LogP contribution in [0.4, 0.5) is 13.2 Å². The lowest BCUT2D eigenvalue weighted by Crippen LogP contribution is -2.12. The van der Waals surface area contributed by atoms with E-state index in [9.17, 15) is 18.0 Å². The van der Waals surface area contributed by atoms with Gasteiger partial charge in [0, 0.05) is 0 Å². The zero-order chi connectivity index (χ0) is 10.9. The Hall–Kier alpha value is -1.53. The van der Waals surface area contributed by atoms with Crippen molar-refractivity contribution in [3.05, 3.63) is 17.3 Å². The molecule has 0 aliphatic heterocycles. The highest BCUT2D eigenvalue weighted by molar-refractivity contribution is 5.86. The Morgan fingerprint density at radius 1 is 1.57 bits per heavy atom. The fraction of sp³-hybridized carbons (Fsp3) is 0.429. The number of rotatable bonds is 2. The number of halogens is 3. The minimum Gasteiger partial charge on any atom is -0.476 e.